The number of hydrogen-bond donors (Lipinski definition) is 2. The summed E-state index contributed by atoms with van der Waals surface area (Å²) >= 11 is 0. The predicted octanol–water partition coefficient (Wildman–Crippen LogP) is 2.51. The third-order valence-corrected chi connectivity index (χ3v) is 5.37. The maximum absolute atomic E-state index is 14.8. The van der Waals surface area contributed by atoms with Crippen molar-refractivity contribution in [2.45, 2.75) is 44.1 Å². The molecule has 2 aliphatic rings. The predicted molar refractivity (Wildman–Crippen MR) is 86.1 cm³/mol. The Hall–Kier alpha value is -2.21. The molecule has 0 radical (unpaired) electrons. The molecule has 1 heterocycles. The lowest BCUT2D eigenvalue weighted by atomic mass is 9.89. The molecule has 24 heavy (non-hydrogen) atoms. The third kappa shape index (κ3) is 2.02. The molecular formula is C18H18FNO4. The lowest BCUT2D eigenvalue weighted by Gasteiger charge is -2.21. The van der Waals surface area contributed by atoms with Gasteiger partial charge in [0, 0.05) is 28.6 Å². The zero-order valence-electron chi connectivity index (χ0n) is 13.3. The van der Waals surface area contributed by atoms with E-state index in [1.54, 1.807) is 6.92 Å². The van der Waals surface area contributed by atoms with E-state index < -0.39 is 22.6 Å². The summed E-state index contributed by atoms with van der Waals surface area (Å²) in [6.45, 7) is 1.63. The van der Waals surface area contributed by atoms with Gasteiger partial charge in [0.15, 0.2) is 0 Å². The summed E-state index contributed by atoms with van der Waals surface area (Å²) < 4.78 is 16.6. The molecule has 6 heteroatoms. The minimum absolute atomic E-state index is 0.106. The van der Waals surface area contributed by atoms with Gasteiger partial charge in [-0.1, -0.05) is 0 Å². The van der Waals surface area contributed by atoms with Crippen molar-refractivity contribution in [1.82, 2.24) is 4.57 Å². The van der Waals surface area contributed by atoms with E-state index in [0.717, 1.165) is 18.9 Å². The Labute approximate surface area is 137 Å². The normalized spacial score (nSPS) is 18.8. The van der Waals surface area contributed by atoms with E-state index in [1.165, 1.54) is 6.20 Å². The number of aryl methyl sites for hydroxylation is 1. The summed E-state index contributed by atoms with van der Waals surface area (Å²) in [4.78, 5) is 23.9. The van der Waals surface area contributed by atoms with Gasteiger partial charge in [-0.3, -0.25) is 4.79 Å². The Balaban J connectivity index is 2.12. The number of rotatable bonds is 4. The third-order valence-electron chi connectivity index (χ3n) is 5.37. The highest BCUT2D eigenvalue weighted by molar-refractivity contribution is 5.94. The van der Waals surface area contributed by atoms with Crippen LogP contribution in [0.1, 0.15) is 53.2 Å². The standard InChI is InChI=1S/C18H18FNO4/c1-9-14(18(8-21)4-5-18)13(19)6-11-15(9)20(10-2-3-10)7-12(16(11)22)17(23)24/h6-7,10,21H,2-5,8H2,1H3,(H,23,24). The molecule has 2 N–H and O–H groups in total. The SMILES string of the molecule is Cc1c(C2(CO)CC2)c(F)cc2c(=O)c(C(=O)O)cn(C3CC3)c12. The number of aliphatic hydroxyl groups is 1. The molecule has 0 spiro atoms. The minimum Gasteiger partial charge on any atom is -0.477 e. The number of hydrogen-bond acceptors (Lipinski definition) is 3. The van der Waals surface area contributed by atoms with Gasteiger partial charge in [0.05, 0.1) is 12.1 Å². The number of nitrogens with zero attached hydrogens (tertiary/aromatic N) is 1. The molecule has 2 fully saturated rings. The van der Waals surface area contributed by atoms with Crippen LogP contribution in [0.3, 0.4) is 0 Å². The topological polar surface area (TPSA) is 79.5 Å². The quantitative estimate of drug-likeness (QED) is 0.902. The Morgan fingerprint density at radius 2 is 2.08 bits per heavy atom. The second-order valence-corrected chi connectivity index (χ2v) is 7.01. The van der Waals surface area contributed by atoms with Crippen LogP contribution in [0.15, 0.2) is 17.1 Å². The number of fused-ring (bicyclic) bond motifs is 1. The first-order valence-corrected chi connectivity index (χ1v) is 8.12. The van der Waals surface area contributed by atoms with Gasteiger partial charge in [0.25, 0.3) is 0 Å². The molecule has 1 aromatic heterocycles. The number of carboxylic acids is 1. The average molecular weight is 331 g/mol. The van der Waals surface area contributed by atoms with E-state index in [1.807, 2.05) is 4.57 Å². The highest BCUT2D eigenvalue weighted by Gasteiger charge is 2.47. The summed E-state index contributed by atoms with van der Waals surface area (Å²) in [5.41, 5.74) is 0.162. The van der Waals surface area contributed by atoms with Gasteiger partial charge in [-0.05, 0) is 44.2 Å². The van der Waals surface area contributed by atoms with Crippen LogP contribution in [-0.2, 0) is 5.41 Å². The van der Waals surface area contributed by atoms with Crippen molar-refractivity contribution in [2.24, 2.45) is 0 Å². The molecule has 1 aromatic carbocycles. The molecule has 2 aliphatic carbocycles. The first-order valence-electron chi connectivity index (χ1n) is 8.12. The number of benzene rings is 1. The summed E-state index contributed by atoms with van der Waals surface area (Å²) in [5, 5.41) is 19.1. The van der Waals surface area contributed by atoms with Crippen LogP contribution in [0, 0.1) is 12.7 Å². The zero-order valence-corrected chi connectivity index (χ0v) is 13.3. The summed E-state index contributed by atoms with van der Waals surface area (Å²) in [6, 6.07) is 1.30. The van der Waals surface area contributed by atoms with E-state index in [-0.39, 0.29) is 23.6 Å². The molecular weight excluding hydrogens is 313 g/mol. The van der Waals surface area contributed by atoms with Crippen LogP contribution in [0.25, 0.3) is 10.9 Å². The second kappa shape index (κ2) is 4.89. The number of pyridine rings is 1. The van der Waals surface area contributed by atoms with Gasteiger partial charge in [-0.15, -0.1) is 0 Å². The molecule has 0 aliphatic heterocycles. The molecule has 0 saturated heterocycles. The van der Waals surface area contributed by atoms with Crippen molar-refractivity contribution < 1.29 is 19.4 Å². The van der Waals surface area contributed by atoms with Gasteiger partial charge in [0.2, 0.25) is 5.43 Å². The monoisotopic (exact) mass is 331 g/mol. The van der Waals surface area contributed by atoms with Gasteiger partial charge in [0.1, 0.15) is 11.4 Å². The fourth-order valence-electron chi connectivity index (χ4n) is 3.76. The Morgan fingerprint density at radius 3 is 2.58 bits per heavy atom. The summed E-state index contributed by atoms with van der Waals surface area (Å²) in [6.07, 6.45) is 4.64. The molecule has 5 nitrogen and oxygen atoms in total. The first kappa shape index (κ1) is 15.3. The van der Waals surface area contributed by atoms with Crippen molar-refractivity contribution >= 4 is 16.9 Å². The van der Waals surface area contributed by atoms with Crippen LogP contribution in [0.2, 0.25) is 0 Å². The van der Waals surface area contributed by atoms with Crippen LogP contribution < -0.4 is 5.43 Å². The molecule has 0 amide bonds. The summed E-state index contributed by atoms with van der Waals surface area (Å²) in [5.74, 6) is -1.83. The molecule has 0 atom stereocenters. The van der Waals surface area contributed by atoms with Crippen LogP contribution in [-0.4, -0.2) is 27.4 Å². The Bertz CT molecular complexity index is 938. The van der Waals surface area contributed by atoms with E-state index in [9.17, 15) is 24.2 Å². The lowest BCUT2D eigenvalue weighted by Crippen LogP contribution is -2.22. The van der Waals surface area contributed by atoms with Crippen molar-refractivity contribution in [2.75, 3.05) is 6.61 Å². The van der Waals surface area contributed by atoms with Crippen molar-refractivity contribution in [1.29, 1.82) is 0 Å². The lowest BCUT2D eigenvalue weighted by molar-refractivity contribution is 0.0695. The van der Waals surface area contributed by atoms with Crippen molar-refractivity contribution in [3.8, 4) is 0 Å². The molecule has 2 aromatic rings. The average Bonchev–Trinajstić information content (AvgIpc) is 3.42. The van der Waals surface area contributed by atoms with Gasteiger partial charge in [-0.2, -0.15) is 0 Å². The number of halogens is 1. The Morgan fingerprint density at radius 1 is 1.42 bits per heavy atom. The van der Waals surface area contributed by atoms with Crippen molar-refractivity contribution in [3.05, 3.63) is 45.0 Å². The first-order chi connectivity index (χ1) is 11.4. The van der Waals surface area contributed by atoms with E-state index >= 15 is 0 Å². The molecule has 0 unspecified atom stereocenters. The fourth-order valence-corrected chi connectivity index (χ4v) is 3.76. The zero-order chi connectivity index (χ0) is 17.2. The number of carboxylic acid groups (broad SMARTS) is 1. The minimum atomic E-state index is -1.30. The van der Waals surface area contributed by atoms with Gasteiger partial charge >= 0.3 is 5.97 Å². The summed E-state index contributed by atoms with van der Waals surface area (Å²) in [7, 11) is 0. The molecule has 0 bridgehead atoms. The number of carbonyl (C=O) groups is 1. The fraction of sp³-hybridized carbons (Fsp3) is 0.444. The largest absolute Gasteiger partial charge is 0.477 e. The second-order valence-electron chi connectivity index (χ2n) is 7.01. The molecule has 4 rings (SSSR count). The number of aromatic carboxylic acids is 1. The smallest absolute Gasteiger partial charge is 0.341 e. The van der Waals surface area contributed by atoms with Crippen LogP contribution in [0.5, 0.6) is 0 Å². The Kier molecular flexibility index (Phi) is 3.12. The van der Waals surface area contributed by atoms with Crippen LogP contribution >= 0.6 is 0 Å². The van der Waals surface area contributed by atoms with E-state index in [4.69, 9.17) is 0 Å². The van der Waals surface area contributed by atoms with Crippen LogP contribution in [0.4, 0.5) is 4.39 Å². The number of aromatic nitrogens is 1. The van der Waals surface area contributed by atoms with Gasteiger partial charge < -0.3 is 14.8 Å². The van der Waals surface area contributed by atoms with E-state index in [0.29, 0.717) is 29.5 Å². The van der Waals surface area contributed by atoms with Crippen molar-refractivity contribution in [3.63, 3.8) is 0 Å². The maximum Gasteiger partial charge on any atom is 0.341 e. The number of aliphatic hydroxyl groups excluding tert-OH is 1. The van der Waals surface area contributed by atoms with Gasteiger partial charge in [-0.25, -0.2) is 9.18 Å². The highest BCUT2D eigenvalue weighted by atomic mass is 19.1. The molecule has 126 valence electrons. The van der Waals surface area contributed by atoms with E-state index in [2.05, 4.69) is 0 Å². The maximum atomic E-state index is 14.8. The molecule has 2 saturated carbocycles. The highest BCUT2D eigenvalue weighted by Crippen LogP contribution is 2.51.